The van der Waals surface area contributed by atoms with Gasteiger partial charge in [-0.15, -0.1) is 12.4 Å². The summed E-state index contributed by atoms with van der Waals surface area (Å²) in [6, 6.07) is 0. The number of nitrogens with two attached hydrogens (primary N) is 1. The maximum atomic E-state index is 7.75. The fourth-order valence-electron chi connectivity index (χ4n) is 0.729. The molecule has 0 rings (SSSR count). The zero-order valence-electron chi connectivity index (χ0n) is 10.5. The van der Waals surface area contributed by atoms with E-state index < -0.39 is 0 Å². The zero-order chi connectivity index (χ0) is 10.4. The van der Waals surface area contributed by atoms with Crippen LogP contribution < -0.4 is 11.1 Å². The van der Waals surface area contributed by atoms with E-state index in [4.69, 9.17) is 10.8 Å². The third-order valence-electron chi connectivity index (χ3n) is 1.54. The van der Waals surface area contributed by atoms with Crippen molar-refractivity contribution in [2.24, 2.45) is 5.73 Å². The van der Waals surface area contributed by atoms with E-state index in [1.54, 1.807) is 0 Å². The minimum atomic E-state index is 0. The second-order valence-corrected chi connectivity index (χ2v) is 2.97. The molecule has 1 radical (unpaired) electrons. The molecule has 0 aliphatic carbocycles. The fraction of sp³-hybridized carbons (Fsp3) is 1.00. The van der Waals surface area contributed by atoms with Gasteiger partial charge in [-0.1, -0.05) is 26.7 Å². The second kappa shape index (κ2) is 43.1. The van der Waals surface area contributed by atoms with Gasteiger partial charge in [0.25, 0.3) is 0 Å². The first-order valence-electron chi connectivity index (χ1n) is 5.35. The standard InChI is InChI=1S/C8H19N.C2H7NO.ClH.Mn.Na.H2O.H/c1-3-5-7-9-8-6-4-2;3-1-2-4;;;;;/h9H,3-8H2,1-2H3;4H,1-3H2;1H;;;1H2;. The molecule has 17 heavy (non-hydrogen) atoms. The maximum absolute atomic E-state index is 7.75. The van der Waals surface area contributed by atoms with Crippen LogP contribution in [0.25, 0.3) is 0 Å². The van der Waals surface area contributed by atoms with Gasteiger partial charge in [-0.2, -0.15) is 0 Å². The molecule has 0 saturated heterocycles. The molecule has 4 nitrogen and oxygen atoms in total. The van der Waals surface area contributed by atoms with Crippen LogP contribution in [-0.2, 0) is 17.1 Å². The van der Waals surface area contributed by atoms with Crippen LogP contribution in [0.4, 0.5) is 0 Å². The van der Waals surface area contributed by atoms with Crippen LogP contribution in [0.2, 0.25) is 0 Å². The van der Waals surface area contributed by atoms with Crippen LogP contribution in [0.15, 0.2) is 0 Å². The Labute approximate surface area is 145 Å². The Bertz CT molecular complexity index is 81.3. The van der Waals surface area contributed by atoms with Gasteiger partial charge in [-0.25, -0.2) is 0 Å². The Kier molecular flexibility index (Phi) is 92.1. The van der Waals surface area contributed by atoms with Crippen LogP contribution in [-0.4, -0.2) is 66.4 Å². The van der Waals surface area contributed by atoms with Gasteiger partial charge < -0.3 is 21.6 Å². The molecule has 0 fully saturated rings. The van der Waals surface area contributed by atoms with E-state index in [1.807, 2.05) is 0 Å². The summed E-state index contributed by atoms with van der Waals surface area (Å²) < 4.78 is 0. The normalized spacial score (nSPS) is 7.06. The molecule has 0 amide bonds. The van der Waals surface area contributed by atoms with E-state index >= 15 is 0 Å². The van der Waals surface area contributed by atoms with Crippen LogP contribution >= 0.6 is 12.4 Å². The number of rotatable bonds is 7. The molecule has 0 aromatic rings. The number of unbranched alkanes of at least 4 members (excludes halogenated alkanes) is 2. The van der Waals surface area contributed by atoms with Crippen molar-refractivity contribution in [3.63, 3.8) is 0 Å². The third-order valence-corrected chi connectivity index (χ3v) is 1.54. The Hall–Kier alpha value is 1.65. The van der Waals surface area contributed by atoms with E-state index in [1.165, 1.54) is 38.8 Å². The van der Waals surface area contributed by atoms with Crippen LogP contribution in [0.3, 0.4) is 0 Å². The second-order valence-electron chi connectivity index (χ2n) is 2.97. The van der Waals surface area contributed by atoms with Crippen molar-refractivity contribution in [3.8, 4) is 0 Å². The van der Waals surface area contributed by atoms with Gasteiger partial charge in [0.15, 0.2) is 0 Å². The molecule has 0 atom stereocenters. The molecule has 107 valence electrons. The molecule has 7 heteroatoms. The molecule has 0 aliphatic rings. The topological polar surface area (TPSA) is 89.8 Å². The van der Waals surface area contributed by atoms with Crippen LogP contribution in [0, 0.1) is 0 Å². The average molecular weight is 324 g/mol. The van der Waals surface area contributed by atoms with E-state index in [9.17, 15) is 0 Å². The number of aliphatic hydroxyl groups excluding tert-OH is 1. The quantitative estimate of drug-likeness (QED) is 0.457. The molecule has 0 heterocycles. The summed E-state index contributed by atoms with van der Waals surface area (Å²) in [6.07, 6.45) is 5.26. The molecule has 0 bridgehead atoms. The van der Waals surface area contributed by atoms with Gasteiger partial charge in [0.2, 0.25) is 0 Å². The molecule has 0 aromatic heterocycles. The van der Waals surface area contributed by atoms with E-state index in [2.05, 4.69) is 19.2 Å². The Balaban J connectivity index is -0.0000000338. The third kappa shape index (κ3) is 57.8. The fourth-order valence-corrected chi connectivity index (χ4v) is 0.729. The number of aliphatic hydroxyl groups is 1. The molecule has 0 unspecified atom stereocenters. The van der Waals surface area contributed by atoms with Crippen LogP contribution in [0.1, 0.15) is 39.5 Å². The van der Waals surface area contributed by atoms with Crippen molar-refractivity contribution in [2.75, 3.05) is 26.2 Å². The molecule has 0 aromatic carbocycles. The summed E-state index contributed by atoms with van der Waals surface area (Å²) in [5.41, 5.74) is 4.78. The number of halogens is 1. The van der Waals surface area contributed by atoms with Gasteiger partial charge in [0.05, 0.1) is 6.61 Å². The Morgan fingerprint density at radius 3 is 1.53 bits per heavy atom. The molecule has 0 saturated carbocycles. The summed E-state index contributed by atoms with van der Waals surface area (Å²) in [7, 11) is 0. The Morgan fingerprint density at radius 1 is 1.06 bits per heavy atom. The van der Waals surface area contributed by atoms with E-state index in [0.29, 0.717) is 6.54 Å². The molecule has 0 spiro atoms. The number of nitrogens with one attached hydrogen (secondary N) is 1. The predicted octanol–water partition coefficient (Wildman–Crippen LogP) is 0.0597. The first-order chi connectivity index (χ1) is 6.33. The molecular weight excluding hydrogens is 294 g/mol. The summed E-state index contributed by atoms with van der Waals surface area (Å²) in [6.45, 7) is 7.33. The molecular formula is C10H30ClMnN2NaO2. The van der Waals surface area contributed by atoms with Crippen molar-refractivity contribution in [1.29, 1.82) is 0 Å². The Morgan fingerprint density at radius 2 is 1.35 bits per heavy atom. The summed E-state index contributed by atoms with van der Waals surface area (Å²) >= 11 is 0. The first-order valence-corrected chi connectivity index (χ1v) is 5.35. The molecule has 0 aliphatic heterocycles. The SMILES string of the molecule is CCCCNCCCC.Cl.NCCO.O.[Mn].[NaH]. The first kappa shape index (κ1) is 36.3. The van der Waals surface area contributed by atoms with Crippen molar-refractivity contribution in [3.05, 3.63) is 0 Å². The number of hydrogen-bond acceptors (Lipinski definition) is 3. The monoisotopic (exact) mass is 323 g/mol. The summed E-state index contributed by atoms with van der Waals surface area (Å²) in [4.78, 5) is 0. The van der Waals surface area contributed by atoms with Gasteiger partial charge in [0, 0.05) is 23.6 Å². The van der Waals surface area contributed by atoms with Crippen molar-refractivity contribution in [2.45, 2.75) is 39.5 Å². The van der Waals surface area contributed by atoms with Crippen molar-refractivity contribution < 1.29 is 27.7 Å². The van der Waals surface area contributed by atoms with Gasteiger partial charge in [0.1, 0.15) is 0 Å². The van der Waals surface area contributed by atoms with E-state index in [0.717, 1.165) is 0 Å². The summed E-state index contributed by atoms with van der Waals surface area (Å²) in [5.74, 6) is 0. The molecule has 6 N–H and O–H groups in total. The van der Waals surface area contributed by atoms with Gasteiger partial charge >= 0.3 is 29.6 Å². The van der Waals surface area contributed by atoms with Gasteiger partial charge in [-0.3, -0.25) is 0 Å². The van der Waals surface area contributed by atoms with E-state index in [-0.39, 0.29) is 71.1 Å². The van der Waals surface area contributed by atoms with Crippen molar-refractivity contribution in [1.82, 2.24) is 5.32 Å². The predicted molar refractivity (Wildman–Crippen MR) is 76.8 cm³/mol. The van der Waals surface area contributed by atoms with Gasteiger partial charge in [-0.05, 0) is 25.9 Å². The summed E-state index contributed by atoms with van der Waals surface area (Å²) in [5, 5.41) is 11.1. The van der Waals surface area contributed by atoms with Crippen LogP contribution in [0.5, 0.6) is 0 Å². The minimum absolute atomic E-state index is 0. The average Bonchev–Trinajstić information content (AvgIpc) is 2.18. The number of hydrogen-bond donors (Lipinski definition) is 3. The van der Waals surface area contributed by atoms with Crippen molar-refractivity contribution >= 4 is 42.0 Å². The zero-order valence-corrected chi connectivity index (χ0v) is 12.5.